The molecule has 1 radical (unpaired) electrons. The third-order valence-electron chi connectivity index (χ3n) is 2.73. The van der Waals surface area contributed by atoms with Crippen LogP contribution in [-0.2, 0) is 0 Å². The standard InChI is InChI=1S/C14H9N4/c1-10-13-8-7-11(9-15)16-14(13)18(17-10)12-5-3-2-4-6-12/h2-7H,1H3. The molecular formula is C14H9N4. The predicted octanol–water partition coefficient (Wildman–Crippen LogP) is 2.40. The zero-order valence-electron chi connectivity index (χ0n) is 9.75. The topological polar surface area (TPSA) is 54.5 Å². The summed E-state index contributed by atoms with van der Waals surface area (Å²) >= 11 is 0. The number of hydrogen-bond acceptors (Lipinski definition) is 3. The van der Waals surface area contributed by atoms with E-state index >= 15 is 0 Å². The van der Waals surface area contributed by atoms with Crippen LogP contribution in [0.2, 0.25) is 0 Å². The van der Waals surface area contributed by atoms with Gasteiger partial charge in [0.1, 0.15) is 11.8 Å². The zero-order valence-corrected chi connectivity index (χ0v) is 9.75. The van der Waals surface area contributed by atoms with Crippen LogP contribution in [0.5, 0.6) is 0 Å². The van der Waals surface area contributed by atoms with Gasteiger partial charge in [-0.15, -0.1) is 0 Å². The number of rotatable bonds is 1. The van der Waals surface area contributed by atoms with Gasteiger partial charge < -0.3 is 0 Å². The van der Waals surface area contributed by atoms with E-state index in [-0.39, 0.29) is 0 Å². The second-order valence-electron chi connectivity index (χ2n) is 3.93. The molecule has 0 saturated carbocycles. The van der Waals surface area contributed by atoms with Gasteiger partial charge in [0.2, 0.25) is 0 Å². The summed E-state index contributed by atoms with van der Waals surface area (Å²) in [7, 11) is 0. The summed E-state index contributed by atoms with van der Waals surface area (Å²) < 4.78 is 1.74. The van der Waals surface area contributed by atoms with Crippen molar-refractivity contribution in [2.45, 2.75) is 6.92 Å². The van der Waals surface area contributed by atoms with Gasteiger partial charge in [0.15, 0.2) is 5.65 Å². The fourth-order valence-electron chi connectivity index (χ4n) is 1.88. The Bertz CT molecular complexity index is 751. The Morgan fingerprint density at radius 2 is 2.06 bits per heavy atom. The van der Waals surface area contributed by atoms with E-state index in [1.54, 1.807) is 10.7 Å². The van der Waals surface area contributed by atoms with Crippen molar-refractivity contribution in [3.8, 4) is 11.8 Å². The second-order valence-corrected chi connectivity index (χ2v) is 3.93. The Morgan fingerprint density at radius 3 is 2.78 bits per heavy atom. The molecule has 1 aromatic carbocycles. The molecule has 0 aliphatic carbocycles. The van der Waals surface area contributed by atoms with Gasteiger partial charge in [-0.2, -0.15) is 10.4 Å². The molecule has 4 heteroatoms. The molecule has 2 aromatic heterocycles. The summed E-state index contributed by atoms with van der Waals surface area (Å²) in [5.74, 6) is 0. The van der Waals surface area contributed by atoms with Crippen LogP contribution in [0.15, 0.2) is 36.4 Å². The van der Waals surface area contributed by atoms with Crippen molar-refractivity contribution in [2.75, 3.05) is 0 Å². The molecule has 3 aromatic rings. The lowest BCUT2D eigenvalue weighted by Gasteiger charge is -2.01. The van der Waals surface area contributed by atoms with E-state index in [1.807, 2.05) is 43.3 Å². The highest BCUT2D eigenvalue weighted by Gasteiger charge is 2.10. The smallest absolute Gasteiger partial charge is 0.165 e. The molecule has 3 rings (SSSR count). The van der Waals surface area contributed by atoms with Crippen LogP contribution >= 0.6 is 0 Å². The Kier molecular flexibility index (Phi) is 2.31. The van der Waals surface area contributed by atoms with Crippen LogP contribution in [0, 0.1) is 24.3 Å². The van der Waals surface area contributed by atoms with E-state index < -0.39 is 0 Å². The molecule has 0 amide bonds. The van der Waals surface area contributed by atoms with E-state index in [9.17, 15) is 0 Å². The second kappa shape index (κ2) is 3.97. The lowest BCUT2D eigenvalue weighted by atomic mass is 10.2. The normalized spacial score (nSPS) is 10.4. The molecule has 4 nitrogen and oxygen atoms in total. The Balaban J connectivity index is 2.33. The average molecular weight is 233 g/mol. The first kappa shape index (κ1) is 10.5. The Morgan fingerprint density at radius 1 is 1.28 bits per heavy atom. The maximum atomic E-state index is 8.90. The molecule has 0 N–H and O–H groups in total. The molecule has 0 fully saturated rings. The fraction of sp³-hybridized carbons (Fsp3) is 0.0714. The van der Waals surface area contributed by atoms with Crippen molar-refractivity contribution in [2.24, 2.45) is 0 Å². The molecule has 0 aliphatic rings. The monoisotopic (exact) mass is 233 g/mol. The predicted molar refractivity (Wildman–Crippen MR) is 67.2 cm³/mol. The average Bonchev–Trinajstić information content (AvgIpc) is 2.76. The number of aryl methyl sites for hydroxylation is 1. The van der Waals surface area contributed by atoms with Gasteiger partial charge >= 0.3 is 0 Å². The summed E-state index contributed by atoms with van der Waals surface area (Å²) in [6, 6.07) is 16.4. The zero-order chi connectivity index (χ0) is 12.5. The summed E-state index contributed by atoms with van der Waals surface area (Å²) in [6.45, 7) is 1.91. The molecule has 0 spiro atoms. The number of para-hydroxylation sites is 1. The van der Waals surface area contributed by atoms with Crippen LogP contribution in [0.3, 0.4) is 0 Å². The van der Waals surface area contributed by atoms with E-state index in [1.165, 1.54) is 0 Å². The number of nitrogens with zero attached hydrogens (tertiary/aromatic N) is 4. The minimum atomic E-state index is 0.347. The molecular weight excluding hydrogens is 224 g/mol. The Labute approximate surface area is 104 Å². The number of aromatic nitrogens is 3. The number of hydrogen-bond donors (Lipinski definition) is 0. The van der Waals surface area contributed by atoms with Crippen molar-refractivity contribution < 1.29 is 0 Å². The Hall–Kier alpha value is -2.67. The third kappa shape index (κ3) is 1.54. The fourth-order valence-corrected chi connectivity index (χ4v) is 1.88. The summed E-state index contributed by atoms with van der Waals surface area (Å²) in [6.07, 6.45) is 0. The van der Waals surface area contributed by atoms with E-state index in [4.69, 9.17) is 5.26 Å². The van der Waals surface area contributed by atoms with Crippen molar-refractivity contribution in [1.29, 1.82) is 5.26 Å². The molecule has 0 atom stereocenters. The van der Waals surface area contributed by atoms with Gasteiger partial charge in [-0.1, -0.05) is 18.2 Å². The van der Waals surface area contributed by atoms with Crippen LogP contribution in [0.4, 0.5) is 0 Å². The van der Waals surface area contributed by atoms with Crippen molar-refractivity contribution in [3.05, 3.63) is 53.9 Å². The highest BCUT2D eigenvalue weighted by Crippen LogP contribution is 2.19. The first-order chi connectivity index (χ1) is 8.79. The van der Waals surface area contributed by atoms with E-state index in [0.717, 1.165) is 16.8 Å². The molecule has 0 aliphatic heterocycles. The summed E-state index contributed by atoms with van der Waals surface area (Å²) in [5.41, 5.74) is 2.79. The number of fused-ring (bicyclic) bond motifs is 1. The van der Waals surface area contributed by atoms with Crippen molar-refractivity contribution in [3.63, 3.8) is 0 Å². The van der Waals surface area contributed by atoms with Gasteiger partial charge in [-0.05, 0) is 31.2 Å². The lowest BCUT2D eigenvalue weighted by molar-refractivity contribution is 0.877. The third-order valence-corrected chi connectivity index (χ3v) is 2.73. The molecule has 85 valence electrons. The lowest BCUT2D eigenvalue weighted by Crippen LogP contribution is -1.98. The van der Waals surface area contributed by atoms with Crippen LogP contribution in [0.25, 0.3) is 16.7 Å². The highest BCUT2D eigenvalue weighted by molar-refractivity contribution is 5.79. The maximum absolute atomic E-state index is 8.90. The van der Waals surface area contributed by atoms with Gasteiger partial charge in [0.05, 0.1) is 16.8 Å². The maximum Gasteiger partial charge on any atom is 0.165 e. The van der Waals surface area contributed by atoms with Crippen LogP contribution in [0.1, 0.15) is 11.4 Å². The number of benzene rings is 1. The van der Waals surface area contributed by atoms with Crippen molar-refractivity contribution in [1.82, 2.24) is 14.8 Å². The van der Waals surface area contributed by atoms with Gasteiger partial charge in [-0.3, -0.25) is 0 Å². The highest BCUT2D eigenvalue weighted by atomic mass is 15.3. The number of pyridine rings is 1. The first-order valence-corrected chi connectivity index (χ1v) is 5.53. The minimum Gasteiger partial charge on any atom is -0.217 e. The van der Waals surface area contributed by atoms with Crippen molar-refractivity contribution >= 4 is 11.0 Å². The van der Waals surface area contributed by atoms with Gasteiger partial charge in [-0.25, -0.2) is 9.67 Å². The van der Waals surface area contributed by atoms with Crippen LogP contribution < -0.4 is 0 Å². The molecule has 0 bridgehead atoms. The first-order valence-electron chi connectivity index (χ1n) is 5.53. The minimum absolute atomic E-state index is 0.347. The molecule has 18 heavy (non-hydrogen) atoms. The summed E-state index contributed by atoms with van der Waals surface area (Å²) in [5, 5.41) is 14.2. The quantitative estimate of drug-likeness (QED) is 0.648. The van der Waals surface area contributed by atoms with Gasteiger partial charge in [0, 0.05) is 0 Å². The SMILES string of the molecule is Cc1nn(-c2ccccc2)c2nc(C#N)c[c]c12. The largest absolute Gasteiger partial charge is 0.217 e. The van der Waals surface area contributed by atoms with Gasteiger partial charge in [0.25, 0.3) is 0 Å². The van der Waals surface area contributed by atoms with Crippen LogP contribution in [-0.4, -0.2) is 14.8 Å². The summed E-state index contributed by atoms with van der Waals surface area (Å²) in [4.78, 5) is 4.30. The molecule has 0 unspecified atom stereocenters. The molecule has 0 saturated heterocycles. The van der Waals surface area contributed by atoms with E-state index in [0.29, 0.717) is 11.3 Å². The molecule has 2 heterocycles. The van der Waals surface area contributed by atoms with E-state index in [2.05, 4.69) is 16.1 Å². The number of nitriles is 1.